The number of anilines is 2. The highest BCUT2D eigenvalue weighted by molar-refractivity contribution is 7.13. The number of Topliss-reactive ketones (excluding diaryl/α,β-unsaturated/α-hetero) is 1. The van der Waals surface area contributed by atoms with Crippen molar-refractivity contribution < 1.29 is 9.59 Å². The van der Waals surface area contributed by atoms with Crippen molar-refractivity contribution >= 4 is 57.7 Å². The highest BCUT2D eigenvalue weighted by Crippen LogP contribution is 2.29. The molecule has 0 aromatic carbocycles. The monoisotopic (exact) mass is 316 g/mol. The van der Waals surface area contributed by atoms with E-state index in [0.717, 1.165) is 11.3 Å². The number of thiophene rings is 1. The summed E-state index contributed by atoms with van der Waals surface area (Å²) < 4.78 is 0. The summed E-state index contributed by atoms with van der Waals surface area (Å²) in [5.41, 5.74) is 5.34. The molecule has 2 heterocycles. The van der Waals surface area contributed by atoms with Gasteiger partial charge in [-0.3, -0.25) is 9.59 Å². The molecule has 98 valence electrons. The van der Waals surface area contributed by atoms with Crippen LogP contribution in [0.1, 0.15) is 9.67 Å². The Morgan fingerprint density at radius 2 is 2.11 bits per heavy atom. The second-order valence-electron chi connectivity index (χ2n) is 3.32. The first-order valence-electron chi connectivity index (χ1n) is 4.85. The molecule has 0 saturated heterocycles. The maximum atomic E-state index is 11.6. The third-order valence-corrected chi connectivity index (χ3v) is 3.43. The average molecular weight is 317 g/mol. The van der Waals surface area contributed by atoms with E-state index in [4.69, 9.17) is 28.9 Å². The predicted molar refractivity (Wildman–Crippen MR) is 73.2 cm³/mol. The van der Waals surface area contributed by atoms with Crippen molar-refractivity contribution in [1.29, 1.82) is 0 Å². The van der Waals surface area contributed by atoms with E-state index < -0.39 is 11.7 Å². The van der Waals surface area contributed by atoms with Crippen molar-refractivity contribution in [3.63, 3.8) is 0 Å². The van der Waals surface area contributed by atoms with Gasteiger partial charge in [0.1, 0.15) is 9.90 Å². The summed E-state index contributed by atoms with van der Waals surface area (Å²) in [4.78, 5) is 30.2. The number of nitrogens with zero attached hydrogens (tertiary/aromatic N) is 2. The summed E-state index contributed by atoms with van der Waals surface area (Å²) in [6, 6.07) is 1.60. The summed E-state index contributed by atoms with van der Waals surface area (Å²) >= 11 is 12.6. The van der Waals surface area contributed by atoms with E-state index in [0.29, 0.717) is 5.69 Å². The molecule has 0 spiro atoms. The average Bonchev–Trinajstić information content (AvgIpc) is 2.81. The Balaban J connectivity index is 2.34. The quantitative estimate of drug-likeness (QED) is 0.512. The second-order valence-corrected chi connectivity index (χ2v) is 4.98. The van der Waals surface area contributed by atoms with Crippen molar-refractivity contribution in [2.75, 3.05) is 5.32 Å². The molecule has 1 amide bonds. The van der Waals surface area contributed by atoms with Crippen LogP contribution in [0.5, 0.6) is 0 Å². The van der Waals surface area contributed by atoms with Crippen LogP contribution in [0, 0.1) is 0 Å². The fourth-order valence-electron chi connectivity index (χ4n) is 1.26. The Hall–Kier alpha value is -1.70. The number of ketones is 1. The zero-order chi connectivity index (χ0) is 14.0. The number of carbonyl (C=O) groups is 2. The standard InChI is InChI=1S/C10H6Cl2N4O2S/c11-4-3-14-10(12)16-9(4)15-5-1-2-19-7(5)6(17)8(13)18/h1-3H,(H2,13,18)(H,14,15,16). The topological polar surface area (TPSA) is 98.0 Å². The lowest BCUT2D eigenvalue weighted by atomic mass is 10.2. The zero-order valence-electron chi connectivity index (χ0n) is 9.18. The molecule has 9 heteroatoms. The van der Waals surface area contributed by atoms with Gasteiger partial charge >= 0.3 is 0 Å². The fraction of sp³-hybridized carbons (Fsp3) is 0. The van der Waals surface area contributed by atoms with Gasteiger partial charge in [-0.25, -0.2) is 4.98 Å². The van der Waals surface area contributed by atoms with E-state index in [1.807, 2.05) is 0 Å². The first-order chi connectivity index (χ1) is 8.99. The van der Waals surface area contributed by atoms with Gasteiger partial charge in [-0.05, 0) is 23.0 Å². The number of halogens is 2. The Labute approximate surface area is 121 Å². The minimum atomic E-state index is -1.03. The zero-order valence-corrected chi connectivity index (χ0v) is 11.5. The third-order valence-electron chi connectivity index (χ3n) is 2.06. The van der Waals surface area contributed by atoms with E-state index >= 15 is 0 Å². The van der Waals surface area contributed by atoms with Gasteiger partial charge in [0.05, 0.1) is 11.9 Å². The number of nitrogens with one attached hydrogen (secondary N) is 1. The van der Waals surface area contributed by atoms with E-state index in [-0.39, 0.29) is 21.0 Å². The molecule has 0 saturated carbocycles. The molecule has 3 N–H and O–H groups in total. The summed E-state index contributed by atoms with van der Waals surface area (Å²) in [6.07, 6.45) is 1.32. The van der Waals surface area contributed by atoms with Crippen molar-refractivity contribution in [2.45, 2.75) is 0 Å². The lowest BCUT2D eigenvalue weighted by Gasteiger charge is -2.06. The smallest absolute Gasteiger partial charge is 0.290 e. The molecule has 0 aliphatic heterocycles. The number of hydrogen-bond donors (Lipinski definition) is 2. The highest BCUT2D eigenvalue weighted by atomic mass is 35.5. The van der Waals surface area contributed by atoms with Crippen LogP contribution in [0.3, 0.4) is 0 Å². The van der Waals surface area contributed by atoms with E-state index in [2.05, 4.69) is 15.3 Å². The molecule has 2 aromatic heterocycles. The number of primary amides is 1. The number of aromatic nitrogens is 2. The molecular weight excluding hydrogens is 311 g/mol. The molecular formula is C10H6Cl2N4O2S. The van der Waals surface area contributed by atoms with Gasteiger partial charge in [-0.2, -0.15) is 4.98 Å². The number of rotatable bonds is 4. The predicted octanol–water partition coefficient (Wildman–Crippen LogP) is 2.26. The van der Waals surface area contributed by atoms with Crippen molar-refractivity contribution in [3.8, 4) is 0 Å². The normalized spacial score (nSPS) is 10.2. The Morgan fingerprint density at radius 3 is 2.79 bits per heavy atom. The Bertz CT molecular complexity index is 659. The lowest BCUT2D eigenvalue weighted by molar-refractivity contribution is -0.114. The summed E-state index contributed by atoms with van der Waals surface area (Å²) in [5.74, 6) is -1.58. The number of amides is 1. The molecule has 0 aliphatic carbocycles. The van der Waals surface area contributed by atoms with E-state index in [1.54, 1.807) is 11.4 Å². The van der Waals surface area contributed by atoms with Crippen LogP contribution in [0.25, 0.3) is 0 Å². The van der Waals surface area contributed by atoms with Gasteiger partial charge in [-0.15, -0.1) is 11.3 Å². The lowest BCUT2D eigenvalue weighted by Crippen LogP contribution is -2.22. The molecule has 0 bridgehead atoms. The molecule has 0 radical (unpaired) electrons. The fourth-order valence-corrected chi connectivity index (χ4v) is 2.32. The third kappa shape index (κ3) is 3.01. The summed E-state index contributed by atoms with van der Waals surface area (Å²) in [6.45, 7) is 0. The molecule has 0 unspecified atom stereocenters. The van der Waals surface area contributed by atoms with Crippen LogP contribution in [0.4, 0.5) is 11.5 Å². The second kappa shape index (κ2) is 5.52. The largest absolute Gasteiger partial charge is 0.363 e. The minimum absolute atomic E-state index is 0.00454. The minimum Gasteiger partial charge on any atom is -0.363 e. The molecule has 0 fully saturated rings. The van der Waals surface area contributed by atoms with Gasteiger partial charge in [0.15, 0.2) is 5.82 Å². The van der Waals surface area contributed by atoms with Gasteiger partial charge in [0.25, 0.3) is 11.7 Å². The van der Waals surface area contributed by atoms with Gasteiger partial charge in [-0.1, -0.05) is 11.6 Å². The first-order valence-corrected chi connectivity index (χ1v) is 6.49. The molecule has 2 rings (SSSR count). The van der Waals surface area contributed by atoms with Crippen LogP contribution >= 0.6 is 34.5 Å². The number of nitrogens with two attached hydrogens (primary N) is 1. The molecule has 2 aromatic rings. The Kier molecular flexibility index (Phi) is 3.98. The van der Waals surface area contributed by atoms with Gasteiger partial charge < -0.3 is 11.1 Å². The van der Waals surface area contributed by atoms with Crippen LogP contribution in [-0.4, -0.2) is 21.7 Å². The maximum absolute atomic E-state index is 11.6. The van der Waals surface area contributed by atoms with Crippen LogP contribution < -0.4 is 11.1 Å². The van der Waals surface area contributed by atoms with Crippen molar-refractivity contribution in [3.05, 3.63) is 32.8 Å². The summed E-state index contributed by atoms with van der Waals surface area (Å²) in [7, 11) is 0. The van der Waals surface area contributed by atoms with Crippen LogP contribution in [0.15, 0.2) is 17.6 Å². The first kappa shape index (κ1) is 13.7. The highest BCUT2D eigenvalue weighted by Gasteiger charge is 2.19. The number of carbonyl (C=O) groups excluding carboxylic acids is 2. The van der Waals surface area contributed by atoms with Crippen molar-refractivity contribution in [2.24, 2.45) is 5.73 Å². The van der Waals surface area contributed by atoms with Crippen molar-refractivity contribution in [1.82, 2.24) is 9.97 Å². The molecule has 19 heavy (non-hydrogen) atoms. The Morgan fingerprint density at radius 1 is 1.37 bits per heavy atom. The van der Waals surface area contributed by atoms with E-state index in [9.17, 15) is 9.59 Å². The maximum Gasteiger partial charge on any atom is 0.290 e. The summed E-state index contributed by atoms with van der Waals surface area (Å²) in [5, 5.41) is 4.68. The van der Waals surface area contributed by atoms with Crippen LogP contribution in [-0.2, 0) is 4.79 Å². The van der Waals surface area contributed by atoms with Gasteiger partial charge in [0, 0.05) is 0 Å². The van der Waals surface area contributed by atoms with E-state index in [1.165, 1.54) is 6.20 Å². The molecule has 6 nitrogen and oxygen atoms in total. The molecule has 0 aliphatic rings. The van der Waals surface area contributed by atoms with Crippen LogP contribution in [0.2, 0.25) is 10.3 Å². The molecule has 0 atom stereocenters. The number of hydrogen-bond acceptors (Lipinski definition) is 6. The SMILES string of the molecule is NC(=O)C(=O)c1sccc1Nc1nc(Cl)ncc1Cl. The van der Waals surface area contributed by atoms with Gasteiger partial charge in [0.2, 0.25) is 5.28 Å².